The minimum atomic E-state index is -0.573. The zero-order chi connectivity index (χ0) is 24.1. The SMILES string of the molecule is COCC(C)n1c(C)cc(C(=O)COC(=O)C=Cc2c(C)nn(-c3ccccc3)c2C)c1C. The van der Waals surface area contributed by atoms with Gasteiger partial charge in [-0.15, -0.1) is 0 Å². The van der Waals surface area contributed by atoms with E-state index < -0.39 is 5.97 Å². The second-order valence-electron chi connectivity index (χ2n) is 8.16. The fraction of sp³-hybridized carbons (Fsp3) is 0.346. The van der Waals surface area contributed by atoms with Crippen LogP contribution < -0.4 is 0 Å². The highest BCUT2D eigenvalue weighted by molar-refractivity contribution is 6.00. The summed E-state index contributed by atoms with van der Waals surface area (Å²) in [5.41, 5.74) is 5.87. The second-order valence-corrected chi connectivity index (χ2v) is 8.16. The van der Waals surface area contributed by atoms with Crippen molar-refractivity contribution in [3.05, 3.63) is 76.4 Å². The molecule has 1 aromatic carbocycles. The highest BCUT2D eigenvalue weighted by atomic mass is 16.5. The minimum Gasteiger partial charge on any atom is -0.454 e. The predicted octanol–water partition coefficient (Wildman–Crippen LogP) is 4.55. The lowest BCUT2D eigenvalue weighted by Gasteiger charge is -2.17. The third-order valence-electron chi connectivity index (χ3n) is 5.71. The van der Waals surface area contributed by atoms with Gasteiger partial charge in [0, 0.05) is 41.4 Å². The van der Waals surface area contributed by atoms with Crippen LogP contribution in [0.4, 0.5) is 0 Å². The van der Waals surface area contributed by atoms with Crippen LogP contribution in [0.25, 0.3) is 11.8 Å². The van der Waals surface area contributed by atoms with E-state index in [1.165, 1.54) is 6.08 Å². The Hall–Kier alpha value is -3.45. The van der Waals surface area contributed by atoms with E-state index in [1.807, 2.05) is 75.7 Å². The fourth-order valence-electron chi connectivity index (χ4n) is 4.18. The van der Waals surface area contributed by atoms with Crippen LogP contribution in [-0.4, -0.2) is 46.4 Å². The van der Waals surface area contributed by atoms with Gasteiger partial charge in [-0.1, -0.05) is 18.2 Å². The molecule has 7 heteroatoms. The van der Waals surface area contributed by atoms with Crippen molar-refractivity contribution in [2.24, 2.45) is 0 Å². The number of hydrogen-bond donors (Lipinski definition) is 0. The quantitative estimate of drug-likeness (QED) is 0.272. The van der Waals surface area contributed by atoms with Crippen molar-refractivity contribution in [3.63, 3.8) is 0 Å². The molecular formula is C26H31N3O4. The van der Waals surface area contributed by atoms with Crippen LogP contribution in [0, 0.1) is 27.7 Å². The summed E-state index contributed by atoms with van der Waals surface area (Å²) in [6, 6.07) is 11.7. The summed E-state index contributed by atoms with van der Waals surface area (Å²) in [4.78, 5) is 25.0. The van der Waals surface area contributed by atoms with Gasteiger partial charge in [-0.3, -0.25) is 4.79 Å². The number of nitrogens with zero attached hydrogens (tertiary/aromatic N) is 3. The van der Waals surface area contributed by atoms with E-state index in [1.54, 1.807) is 13.2 Å². The van der Waals surface area contributed by atoms with Crippen LogP contribution in [0.15, 0.2) is 42.5 Å². The Morgan fingerprint density at radius 3 is 2.45 bits per heavy atom. The van der Waals surface area contributed by atoms with Crippen LogP contribution in [0.3, 0.4) is 0 Å². The van der Waals surface area contributed by atoms with Gasteiger partial charge >= 0.3 is 5.97 Å². The molecule has 0 saturated carbocycles. The normalized spacial score (nSPS) is 12.3. The molecule has 2 heterocycles. The summed E-state index contributed by atoms with van der Waals surface area (Å²) in [6.45, 7) is 9.95. The van der Waals surface area contributed by atoms with Crippen LogP contribution >= 0.6 is 0 Å². The third kappa shape index (κ3) is 5.31. The van der Waals surface area contributed by atoms with E-state index in [2.05, 4.69) is 9.67 Å². The lowest BCUT2D eigenvalue weighted by atomic mass is 10.1. The van der Waals surface area contributed by atoms with Gasteiger partial charge in [-0.05, 0) is 58.9 Å². The maximum atomic E-state index is 12.7. The number of carbonyl (C=O) groups is 2. The summed E-state index contributed by atoms with van der Waals surface area (Å²) in [6.07, 6.45) is 3.02. The van der Waals surface area contributed by atoms with Crippen LogP contribution in [0.1, 0.15) is 51.7 Å². The number of benzene rings is 1. The van der Waals surface area contributed by atoms with Gasteiger partial charge in [-0.25, -0.2) is 9.48 Å². The molecule has 0 aliphatic rings. The molecule has 1 atom stereocenters. The van der Waals surface area contributed by atoms with E-state index in [0.29, 0.717) is 12.2 Å². The highest BCUT2D eigenvalue weighted by Gasteiger charge is 2.19. The molecule has 0 bridgehead atoms. The molecule has 0 spiro atoms. The Morgan fingerprint density at radius 1 is 1.09 bits per heavy atom. The average molecular weight is 450 g/mol. The maximum absolute atomic E-state index is 12.7. The molecule has 0 fully saturated rings. The van der Waals surface area contributed by atoms with Gasteiger partial charge in [0.25, 0.3) is 0 Å². The van der Waals surface area contributed by atoms with Crippen molar-refractivity contribution in [1.82, 2.24) is 14.3 Å². The van der Waals surface area contributed by atoms with Crippen molar-refractivity contribution < 1.29 is 19.1 Å². The summed E-state index contributed by atoms with van der Waals surface area (Å²) in [7, 11) is 1.65. The number of esters is 1. The smallest absolute Gasteiger partial charge is 0.331 e. The standard InChI is InChI=1S/C26H31N3O4/c1-17-14-24(20(4)28(17)18(2)15-32-6)25(30)16-33-26(31)13-12-23-19(3)27-29(21(23)5)22-10-8-7-9-11-22/h7-14,18H,15-16H2,1-6H3. The molecule has 174 valence electrons. The minimum absolute atomic E-state index is 0.102. The van der Waals surface area contributed by atoms with Crippen LogP contribution in [0.2, 0.25) is 0 Å². The first kappa shape index (κ1) is 24.2. The molecule has 1 unspecified atom stereocenters. The highest BCUT2D eigenvalue weighted by Crippen LogP contribution is 2.22. The summed E-state index contributed by atoms with van der Waals surface area (Å²) in [5.74, 6) is -0.804. The second kappa shape index (κ2) is 10.4. The topological polar surface area (TPSA) is 75.3 Å². The van der Waals surface area contributed by atoms with E-state index in [0.717, 1.165) is 34.0 Å². The molecule has 0 amide bonds. The number of aryl methyl sites for hydroxylation is 2. The largest absolute Gasteiger partial charge is 0.454 e. The molecule has 7 nitrogen and oxygen atoms in total. The van der Waals surface area contributed by atoms with Crippen molar-refractivity contribution in [3.8, 4) is 5.69 Å². The number of Topliss-reactive ketones (excluding diaryl/α,β-unsaturated/α-hetero) is 1. The number of ketones is 1. The fourth-order valence-corrected chi connectivity index (χ4v) is 4.18. The molecule has 0 aliphatic carbocycles. The average Bonchev–Trinajstić information content (AvgIpc) is 3.25. The maximum Gasteiger partial charge on any atom is 0.331 e. The van der Waals surface area contributed by atoms with Crippen molar-refractivity contribution in [2.75, 3.05) is 20.3 Å². The van der Waals surface area contributed by atoms with Gasteiger partial charge in [-0.2, -0.15) is 5.10 Å². The molecule has 0 radical (unpaired) electrons. The molecule has 3 aromatic rings. The van der Waals surface area contributed by atoms with Gasteiger partial charge in [0.1, 0.15) is 0 Å². The summed E-state index contributed by atoms with van der Waals surface area (Å²) in [5, 5.41) is 4.57. The summed E-state index contributed by atoms with van der Waals surface area (Å²) < 4.78 is 14.4. The van der Waals surface area contributed by atoms with Crippen LogP contribution in [0.5, 0.6) is 0 Å². The molecule has 0 saturated heterocycles. The number of methoxy groups -OCH3 is 1. The first-order chi connectivity index (χ1) is 15.7. The number of para-hydroxylation sites is 1. The van der Waals surface area contributed by atoms with E-state index in [-0.39, 0.29) is 18.4 Å². The molecule has 3 rings (SSSR count). The Bertz CT molecular complexity index is 1170. The lowest BCUT2D eigenvalue weighted by molar-refractivity contribution is -0.136. The number of ether oxygens (including phenoxy) is 2. The zero-order valence-electron chi connectivity index (χ0n) is 20.1. The monoisotopic (exact) mass is 449 g/mol. The Labute approximate surface area is 194 Å². The molecule has 0 aliphatic heterocycles. The molecule has 2 aromatic heterocycles. The zero-order valence-corrected chi connectivity index (χ0v) is 20.1. The third-order valence-corrected chi connectivity index (χ3v) is 5.71. The van der Waals surface area contributed by atoms with Gasteiger partial charge < -0.3 is 14.0 Å². The predicted molar refractivity (Wildman–Crippen MR) is 128 cm³/mol. The Balaban J connectivity index is 1.66. The van der Waals surface area contributed by atoms with Gasteiger partial charge in [0.05, 0.1) is 24.0 Å². The Kier molecular flexibility index (Phi) is 7.66. The molecule has 0 N–H and O–H groups in total. The summed E-state index contributed by atoms with van der Waals surface area (Å²) >= 11 is 0. The van der Waals surface area contributed by atoms with E-state index in [9.17, 15) is 9.59 Å². The van der Waals surface area contributed by atoms with Crippen molar-refractivity contribution in [1.29, 1.82) is 0 Å². The lowest BCUT2D eigenvalue weighted by Crippen LogP contribution is -2.16. The first-order valence-corrected chi connectivity index (χ1v) is 10.9. The number of aromatic nitrogens is 3. The number of rotatable bonds is 9. The number of hydrogen-bond acceptors (Lipinski definition) is 5. The first-order valence-electron chi connectivity index (χ1n) is 10.9. The van der Waals surface area contributed by atoms with E-state index in [4.69, 9.17) is 9.47 Å². The van der Waals surface area contributed by atoms with Crippen molar-refractivity contribution in [2.45, 2.75) is 40.7 Å². The number of carbonyl (C=O) groups excluding carboxylic acids is 2. The van der Waals surface area contributed by atoms with Gasteiger partial charge in [0.2, 0.25) is 5.78 Å². The molecule has 33 heavy (non-hydrogen) atoms. The van der Waals surface area contributed by atoms with Crippen LogP contribution in [-0.2, 0) is 14.3 Å². The van der Waals surface area contributed by atoms with Gasteiger partial charge in [0.15, 0.2) is 6.61 Å². The Morgan fingerprint density at radius 2 is 1.79 bits per heavy atom. The van der Waals surface area contributed by atoms with E-state index >= 15 is 0 Å². The molecular weight excluding hydrogens is 418 g/mol. The van der Waals surface area contributed by atoms with Crippen molar-refractivity contribution >= 4 is 17.8 Å².